The number of oxime groups is 1. The summed E-state index contributed by atoms with van der Waals surface area (Å²) in [6.07, 6.45) is 3.59. The van der Waals surface area contributed by atoms with Crippen molar-refractivity contribution < 1.29 is 10.0 Å². The van der Waals surface area contributed by atoms with Gasteiger partial charge in [0.05, 0.1) is 11.9 Å². The molecule has 0 spiro atoms. The molecule has 0 aliphatic rings. The van der Waals surface area contributed by atoms with E-state index in [1.807, 2.05) is 14.1 Å². The van der Waals surface area contributed by atoms with E-state index in [1.165, 1.54) is 12.4 Å². The Morgan fingerprint density at radius 3 is 3.06 bits per heavy atom. The highest BCUT2D eigenvalue weighted by Crippen LogP contribution is 2.00. The third-order valence-corrected chi connectivity index (χ3v) is 2.30. The Hall–Kier alpha value is -1.95. The van der Waals surface area contributed by atoms with Crippen LogP contribution < -0.4 is 5.32 Å². The summed E-state index contributed by atoms with van der Waals surface area (Å²) in [6.45, 7) is 1.56. The summed E-state index contributed by atoms with van der Waals surface area (Å²) in [6, 6.07) is 3.19. The van der Waals surface area contributed by atoms with Crippen LogP contribution in [0.2, 0.25) is 0 Å². The Balaban J connectivity index is 2.48. The molecule has 98 valence electrons. The normalized spacial score (nSPS) is 11.1. The van der Waals surface area contributed by atoms with Crippen molar-refractivity contribution in [3.05, 3.63) is 29.6 Å². The van der Waals surface area contributed by atoms with Gasteiger partial charge in [0.25, 0.3) is 5.91 Å². The summed E-state index contributed by atoms with van der Waals surface area (Å²) in [7, 11) is 3.98. The van der Waals surface area contributed by atoms with E-state index >= 15 is 0 Å². The predicted octanol–water partition coefficient (Wildman–Crippen LogP) is 0.571. The molecule has 0 saturated heterocycles. The minimum Gasteiger partial charge on any atom is -0.411 e. The average Bonchev–Trinajstić information content (AvgIpc) is 2.35. The number of aromatic nitrogens is 1. The molecule has 1 aromatic heterocycles. The molecule has 0 radical (unpaired) electrons. The fraction of sp³-hybridized carbons (Fsp3) is 0.417. The van der Waals surface area contributed by atoms with Crippen LogP contribution in [-0.4, -0.2) is 54.4 Å². The van der Waals surface area contributed by atoms with Crippen LogP contribution in [0, 0.1) is 0 Å². The highest BCUT2D eigenvalue weighted by atomic mass is 16.4. The number of carbonyl (C=O) groups excluding carboxylic acids is 1. The van der Waals surface area contributed by atoms with Gasteiger partial charge in [-0.1, -0.05) is 5.16 Å². The Labute approximate surface area is 106 Å². The number of amides is 1. The SMILES string of the molecule is CN(C)CCCNC(=O)c1ccnc(/C=N/O)c1. The minimum absolute atomic E-state index is 0.149. The molecule has 2 N–H and O–H groups in total. The molecule has 0 unspecified atom stereocenters. The zero-order valence-corrected chi connectivity index (χ0v) is 10.6. The van der Waals surface area contributed by atoms with Gasteiger partial charge < -0.3 is 15.4 Å². The molecule has 0 fully saturated rings. The largest absolute Gasteiger partial charge is 0.411 e. The van der Waals surface area contributed by atoms with Crippen molar-refractivity contribution in [1.82, 2.24) is 15.2 Å². The van der Waals surface area contributed by atoms with Gasteiger partial charge in [-0.2, -0.15) is 0 Å². The summed E-state index contributed by atoms with van der Waals surface area (Å²) in [5.74, 6) is -0.149. The molecule has 18 heavy (non-hydrogen) atoms. The van der Waals surface area contributed by atoms with Gasteiger partial charge in [0.2, 0.25) is 0 Å². The molecule has 0 atom stereocenters. The first kappa shape index (κ1) is 14.1. The second-order valence-corrected chi connectivity index (χ2v) is 4.13. The first-order chi connectivity index (χ1) is 8.63. The average molecular weight is 250 g/mol. The highest BCUT2D eigenvalue weighted by molar-refractivity contribution is 5.95. The maximum atomic E-state index is 11.8. The first-order valence-corrected chi connectivity index (χ1v) is 5.70. The molecule has 0 aliphatic heterocycles. The van der Waals surface area contributed by atoms with E-state index in [-0.39, 0.29) is 5.91 Å². The maximum absolute atomic E-state index is 11.8. The van der Waals surface area contributed by atoms with Gasteiger partial charge in [-0.15, -0.1) is 0 Å². The van der Waals surface area contributed by atoms with E-state index in [2.05, 4.69) is 20.4 Å². The lowest BCUT2D eigenvalue weighted by molar-refractivity contribution is 0.0952. The molecule has 1 rings (SSSR count). The van der Waals surface area contributed by atoms with Crippen LogP contribution in [0.1, 0.15) is 22.5 Å². The predicted molar refractivity (Wildman–Crippen MR) is 69.1 cm³/mol. The van der Waals surface area contributed by atoms with Crippen LogP contribution in [0.3, 0.4) is 0 Å². The van der Waals surface area contributed by atoms with Crippen molar-refractivity contribution in [3.63, 3.8) is 0 Å². The fourth-order valence-corrected chi connectivity index (χ4v) is 1.42. The quantitative estimate of drug-likeness (QED) is 0.335. The molecule has 6 nitrogen and oxygen atoms in total. The summed E-state index contributed by atoms with van der Waals surface area (Å²) in [4.78, 5) is 17.8. The number of nitrogens with one attached hydrogen (secondary N) is 1. The van der Waals surface area contributed by atoms with Crippen LogP contribution in [0.4, 0.5) is 0 Å². The van der Waals surface area contributed by atoms with Crippen molar-refractivity contribution in [3.8, 4) is 0 Å². The molecule has 0 aliphatic carbocycles. The molecule has 0 bridgehead atoms. The number of pyridine rings is 1. The molecule has 0 aromatic carbocycles. The van der Waals surface area contributed by atoms with Crippen molar-refractivity contribution in [2.75, 3.05) is 27.2 Å². The number of hydrogen-bond donors (Lipinski definition) is 2. The van der Waals surface area contributed by atoms with Gasteiger partial charge >= 0.3 is 0 Å². The van der Waals surface area contributed by atoms with Crippen molar-refractivity contribution in [2.45, 2.75) is 6.42 Å². The summed E-state index contributed by atoms with van der Waals surface area (Å²) in [5.41, 5.74) is 0.947. The Kier molecular flexibility index (Phi) is 5.79. The zero-order chi connectivity index (χ0) is 13.4. The molecule has 1 heterocycles. The van der Waals surface area contributed by atoms with Crippen molar-refractivity contribution in [1.29, 1.82) is 0 Å². The number of rotatable bonds is 6. The van der Waals surface area contributed by atoms with E-state index in [0.717, 1.165) is 13.0 Å². The molecular formula is C12H18N4O2. The fourth-order valence-electron chi connectivity index (χ4n) is 1.42. The van der Waals surface area contributed by atoms with E-state index in [4.69, 9.17) is 5.21 Å². The zero-order valence-electron chi connectivity index (χ0n) is 10.6. The van der Waals surface area contributed by atoms with Crippen molar-refractivity contribution >= 4 is 12.1 Å². The minimum atomic E-state index is -0.149. The van der Waals surface area contributed by atoms with Gasteiger partial charge in [-0.3, -0.25) is 9.78 Å². The second-order valence-electron chi connectivity index (χ2n) is 4.13. The lowest BCUT2D eigenvalue weighted by atomic mass is 10.2. The standard InChI is InChI=1S/C12H18N4O2/c1-16(2)7-3-5-14-12(17)10-4-6-13-11(8-10)9-15-18/h4,6,8-9,18H,3,5,7H2,1-2H3,(H,14,17)/b15-9+. The molecule has 1 aromatic rings. The van der Waals surface area contributed by atoms with E-state index in [0.29, 0.717) is 17.8 Å². The van der Waals surface area contributed by atoms with Crippen molar-refractivity contribution in [2.24, 2.45) is 5.16 Å². The van der Waals surface area contributed by atoms with Crippen LogP contribution >= 0.6 is 0 Å². The Bertz CT molecular complexity index is 418. The summed E-state index contributed by atoms with van der Waals surface area (Å²) >= 11 is 0. The van der Waals surface area contributed by atoms with E-state index < -0.39 is 0 Å². The number of hydrogen-bond acceptors (Lipinski definition) is 5. The third kappa shape index (κ3) is 4.92. The Morgan fingerprint density at radius 2 is 2.39 bits per heavy atom. The highest BCUT2D eigenvalue weighted by Gasteiger charge is 2.05. The van der Waals surface area contributed by atoms with Gasteiger partial charge in [0.15, 0.2) is 0 Å². The lowest BCUT2D eigenvalue weighted by Crippen LogP contribution is -2.27. The molecule has 1 amide bonds. The topological polar surface area (TPSA) is 77.8 Å². The van der Waals surface area contributed by atoms with E-state index in [1.54, 1.807) is 12.1 Å². The number of carbonyl (C=O) groups is 1. The summed E-state index contributed by atoms with van der Waals surface area (Å²) < 4.78 is 0. The first-order valence-electron chi connectivity index (χ1n) is 5.70. The van der Waals surface area contributed by atoms with E-state index in [9.17, 15) is 4.79 Å². The Morgan fingerprint density at radius 1 is 1.61 bits per heavy atom. The molecule has 0 saturated carbocycles. The van der Waals surface area contributed by atoms with Crippen LogP contribution in [0.15, 0.2) is 23.5 Å². The molecular weight excluding hydrogens is 232 g/mol. The number of nitrogens with zero attached hydrogens (tertiary/aromatic N) is 3. The third-order valence-electron chi connectivity index (χ3n) is 2.30. The second kappa shape index (κ2) is 7.39. The maximum Gasteiger partial charge on any atom is 0.251 e. The monoisotopic (exact) mass is 250 g/mol. The van der Waals surface area contributed by atoms with Gasteiger partial charge in [-0.05, 0) is 39.2 Å². The smallest absolute Gasteiger partial charge is 0.251 e. The van der Waals surface area contributed by atoms with Crippen LogP contribution in [0.5, 0.6) is 0 Å². The molecule has 6 heteroatoms. The van der Waals surface area contributed by atoms with Gasteiger partial charge in [-0.25, -0.2) is 0 Å². The van der Waals surface area contributed by atoms with Crippen LogP contribution in [-0.2, 0) is 0 Å². The van der Waals surface area contributed by atoms with Crippen LogP contribution in [0.25, 0.3) is 0 Å². The van der Waals surface area contributed by atoms with Gasteiger partial charge in [0, 0.05) is 18.3 Å². The van der Waals surface area contributed by atoms with Gasteiger partial charge in [0.1, 0.15) is 0 Å². The summed E-state index contributed by atoms with van der Waals surface area (Å²) in [5, 5.41) is 14.1. The lowest BCUT2D eigenvalue weighted by Gasteiger charge is -2.09.